The Morgan fingerprint density at radius 3 is 2.61 bits per heavy atom. The molecule has 0 spiro atoms. The van der Waals surface area contributed by atoms with E-state index in [1.807, 2.05) is 32.9 Å². The van der Waals surface area contributed by atoms with Crippen molar-refractivity contribution in [1.29, 1.82) is 0 Å². The summed E-state index contributed by atoms with van der Waals surface area (Å²) in [5, 5.41) is 3.74. The molecular weight excluding hydrogens is 231 g/mol. The van der Waals surface area contributed by atoms with Gasteiger partial charge in [-0.2, -0.15) is 4.39 Å². The molecule has 2 aromatic rings. The maximum Gasteiger partial charge on any atom is 0.286 e. The predicted octanol–water partition coefficient (Wildman–Crippen LogP) is 3.13. The van der Waals surface area contributed by atoms with Gasteiger partial charge in [-0.05, 0) is 11.5 Å². The van der Waals surface area contributed by atoms with Crippen molar-refractivity contribution in [3.8, 4) is 0 Å². The molecule has 1 aromatic heterocycles. The molecule has 2 N–H and O–H groups in total. The Kier molecular flexibility index (Phi) is 3.11. The minimum Gasteiger partial charge on any atom is -0.381 e. The van der Waals surface area contributed by atoms with Crippen molar-refractivity contribution in [1.82, 2.24) is 4.98 Å². The predicted molar refractivity (Wildman–Crippen MR) is 72.5 cm³/mol. The smallest absolute Gasteiger partial charge is 0.286 e. The van der Waals surface area contributed by atoms with Gasteiger partial charge in [0.05, 0.1) is 11.2 Å². The summed E-state index contributed by atoms with van der Waals surface area (Å²) < 4.78 is 13.9. The Morgan fingerprint density at radius 1 is 1.28 bits per heavy atom. The number of aromatic amines is 1. The van der Waals surface area contributed by atoms with Crippen molar-refractivity contribution in [2.45, 2.75) is 20.8 Å². The van der Waals surface area contributed by atoms with Crippen LogP contribution in [-0.2, 0) is 0 Å². The van der Waals surface area contributed by atoms with Crippen LogP contribution in [0.5, 0.6) is 0 Å². The van der Waals surface area contributed by atoms with Gasteiger partial charge < -0.3 is 10.3 Å². The maximum atomic E-state index is 13.9. The molecule has 18 heavy (non-hydrogen) atoms. The SMILES string of the molecule is CC(C)(C)CNc1c(F)c(=O)[nH]c2ccccc12. The zero-order chi connectivity index (χ0) is 13.3. The number of anilines is 1. The van der Waals surface area contributed by atoms with Crippen LogP contribution in [0, 0.1) is 11.2 Å². The van der Waals surface area contributed by atoms with Crippen molar-refractivity contribution in [2.75, 3.05) is 11.9 Å². The minimum atomic E-state index is -0.752. The van der Waals surface area contributed by atoms with Crippen molar-refractivity contribution >= 4 is 16.6 Å². The first-order valence-corrected chi connectivity index (χ1v) is 5.93. The van der Waals surface area contributed by atoms with Gasteiger partial charge in [-0.15, -0.1) is 0 Å². The number of rotatable bonds is 2. The van der Waals surface area contributed by atoms with E-state index in [4.69, 9.17) is 0 Å². The summed E-state index contributed by atoms with van der Waals surface area (Å²) in [6, 6.07) is 7.18. The third kappa shape index (κ3) is 2.53. The topological polar surface area (TPSA) is 44.9 Å². The fourth-order valence-corrected chi connectivity index (χ4v) is 1.75. The Morgan fingerprint density at radius 2 is 1.94 bits per heavy atom. The number of H-pyrrole nitrogens is 1. The summed E-state index contributed by atoms with van der Waals surface area (Å²) in [5.41, 5.74) is 0.241. The van der Waals surface area contributed by atoms with E-state index < -0.39 is 11.4 Å². The minimum absolute atomic E-state index is 0.0101. The van der Waals surface area contributed by atoms with Gasteiger partial charge in [-0.1, -0.05) is 39.0 Å². The highest BCUT2D eigenvalue weighted by atomic mass is 19.1. The molecule has 3 nitrogen and oxygen atoms in total. The van der Waals surface area contributed by atoms with Gasteiger partial charge in [0.25, 0.3) is 5.56 Å². The number of aromatic nitrogens is 1. The van der Waals surface area contributed by atoms with Gasteiger partial charge in [-0.3, -0.25) is 4.79 Å². The third-order valence-electron chi connectivity index (χ3n) is 2.66. The number of hydrogen-bond acceptors (Lipinski definition) is 2. The number of pyridine rings is 1. The standard InChI is InChI=1S/C14H17FN2O/c1-14(2,3)8-16-12-9-6-4-5-7-10(9)17-13(18)11(12)15/h4-7H,8H2,1-3H3,(H2,16,17,18). The Bertz CT molecular complexity index is 626. The van der Waals surface area contributed by atoms with E-state index >= 15 is 0 Å². The third-order valence-corrected chi connectivity index (χ3v) is 2.66. The molecule has 0 radical (unpaired) electrons. The summed E-state index contributed by atoms with van der Waals surface area (Å²) >= 11 is 0. The maximum absolute atomic E-state index is 13.9. The highest BCUT2D eigenvalue weighted by Crippen LogP contribution is 2.24. The normalized spacial score (nSPS) is 11.8. The molecule has 0 amide bonds. The van der Waals surface area contributed by atoms with Crippen LogP contribution in [0.1, 0.15) is 20.8 Å². The molecule has 0 fully saturated rings. The Labute approximate surface area is 105 Å². The first-order valence-electron chi connectivity index (χ1n) is 5.93. The van der Waals surface area contributed by atoms with Gasteiger partial charge in [0.2, 0.25) is 5.82 Å². The second-order valence-corrected chi connectivity index (χ2v) is 5.60. The summed E-state index contributed by atoms with van der Waals surface area (Å²) in [4.78, 5) is 14.0. The van der Waals surface area contributed by atoms with Crippen molar-refractivity contribution in [2.24, 2.45) is 5.41 Å². The lowest BCUT2D eigenvalue weighted by Crippen LogP contribution is -2.22. The number of benzene rings is 1. The second-order valence-electron chi connectivity index (χ2n) is 5.60. The van der Waals surface area contributed by atoms with E-state index in [-0.39, 0.29) is 11.1 Å². The molecule has 0 aliphatic carbocycles. The number of fused-ring (bicyclic) bond motifs is 1. The molecule has 0 atom stereocenters. The molecule has 4 heteroatoms. The van der Waals surface area contributed by atoms with E-state index in [0.717, 1.165) is 0 Å². The largest absolute Gasteiger partial charge is 0.381 e. The van der Waals surface area contributed by atoms with E-state index in [9.17, 15) is 9.18 Å². The lowest BCUT2D eigenvalue weighted by Gasteiger charge is -2.20. The van der Waals surface area contributed by atoms with Gasteiger partial charge in [0, 0.05) is 11.9 Å². The molecule has 0 unspecified atom stereocenters. The lowest BCUT2D eigenvalue weighted by molar-refractivity contribution is 0.442. The second kappa shape index (κ2) is 4.44. The van der Waals surface area contributed by atoms with Gasteiger partial charge in [0.1, 0.15) is 0 Å². The van der Waals surface area contributed by atoms with Crippen LogP contribution in [0.25, 0.3) is 10.9 Å². The average molecular weight is 248 g/mol. The first kappa shape index (κ1) is 12.6. The zero-order valence-electron chi connectivity index (χ0n) is 10.8. The van der Waals surface area contributed by atoms with Gasteiger partial charge >= 0.3 is 0 Å². The van der Waals surface area contributed by atoms with Gasteiger partial charge in [-0.25, -0.2) is 0 Å². The number of halogens is 1. The van der Waals surface area contributed by atoms with Crippen LogP contribution < -0.4 is 10.9 Å². The lowest BCUT2D eigenvalue weighted by atomic mass is 9.97. The van der Waals surface area contributed by atoms with Crippen LogP contribution >= 0.6 is 0 Å². The molecule has 0 bridgehead atoms. The van der Waals surface area contributed by atoms with Crippen LogP contribution in [-0.4, -0.2) is 11.5 Å². The molecule has 2 rings (SSSR count). The quantitative estimate of drug-likeness (QED) is 0.857. The molecule has 0 saturated carbocycles. The Hall–Kier alpha value is -1.84. The average Bonchev–Trinajstić information content (AvgIpc) is 2.28. The van der Waals surface area contributed by atoms with Crippen LogP contribution in [0.15, 0.2) is 29.1 Å². The van der Waals surface area contributed by atoms with E-state index in [2.05, 4.69) is 10.3 Å². The summed E-state index contributed by atoms with van der Waals surface area (Å²) in [5.74, 6) is -0.752. The summed E-state index contributed by atoms with van der Waals surface area (Å²) in [6.07, 6.45) is 0. The molecule has 0 aliphatic rings. The van der Waals surface area contributed by atoms with Crippen molar-refractivity contribution < 1.29 is 4.39 Å². The molecule has 0 aliphatic heterocycles. The fourth-order valence-electron chi connectivity index (χ4n) is 1.75. The summed E-state index contributed by atoms with van der Waals surface area (Å²) in [7, 11) is 0. The van der Waals surface area contributed by atoms with Crippen LogP contribution in [0.4, 0.5) is 10.1 Å². The van der Waals surface area contributed by atoms with Crippen molar-refractivity contribution in [3.05, 3.63) is 40.4 Å². The number of para-hydroxylation sites is 1. The summed E-state index contributed by atoms with van der Waals surface area (Å²) in [6.45, 7) is 6.74. The molecule has 1 aromatic carbocycles. The Balaban J connectivity index is 2.53. The fraction of sp³-hybridized carbons (Fsp3) is 0.357. The number of nitrogens with one attached hydrogen (secondary N) is 2. The highest BCUT2D eigenvalue weighted by Gasteiger charge is 2.15. The molecular formula is C14H17FN2O. The van der Waals surface area contributed by atoms with E-state index in [0.29, 0.717) is 17.4 Å². The molecule has 96 valence electrons. The number of hydrogen-bond donors (Lipinski definition) is 2. The van der Waals surface area contributed by atoms with Gasteiger partial charge in [0.15, 0.2) is 0 Å². The highest BCUT2D eigenvalue weighted by molar-refractivity contribution is 5.91. The van der Waals surface area contributed by atoms with Crippen molar-refractivity contribution in [3.63, 3.8) is 0 Å². The van der Waals surface area contributed by atoms with E-state index in [1.165, 1.54) is 0 Å². The monoisotopic (exact) mass is 248 g/mol. The zero-order valence-corrected chi connectivity index (χ0v) is 10.8. The first-order chi connectivity index (χ1) is 8.38. The van der Waals surface area contributed by atoms with Crippen LogP contribution in [0.2, 0.25) is 0 Å². The molecule has 1 heterocycles. The molecule has 0 saturated heterocycles. The van der Waals surface area contributed by atoms with E-state index in [1.54, 1.807) is 12.1 Å². The van der Waals surface area contributed by atoms with Crippen LogP contribution in [0.3, 0.4) is 0 Å².